The van der Waals surface area contributed by atoms with Crippen LogP contribution in [0, 0.1) is 16.0 Å². The van der Waals surface area contributed by atoms with Crippen LogP contribution in [0.5, 0.6) is 0 Å². The Kier molecular flexibility index (Phi) is 4.37. The van der Waals surface area contributed by atoms with Gasteiger partial charge >= 0.3 is 0 Å². The van der Waals surface area contributed by atoms with Gasteiger partial charge < -0.3 is 5.32 Å². The zero-order chi connectivity index (χ0) is 13.8. The predicted octanol–water partition coefficient (Wildman–Crippen LogP) is 2.87. The molecule has 5 heteroatoms. The molecular weight excluding hydrogens is 242 g/mol. The van der Waals surface area contributed by atoms with Crippen molar-refractivity contribution in [2.75, 3.05) is 25.5 Å². The van der Waals surface area contributed by atoms with Crippen molar-refractivity contribution in [3.63, 3.8) is 0 Å². The number of likely N-dealkylation sites (tertiary alicyclic amines) is 1. The second kappa shape index (κ2) is 6.02. The van der Waals surface area contributed by atoms with Gasteiger partial charge in [0.05, 0.1) is 4.92 Å². The van der Waals surface area contributed by atoms with E-state index in [0.717, 1.165) is 36.8 Å². The van der Waals surface area contributed by atoms with E-state index in [9.17, 15) is 10.1 Å². The van der Waals surface area contributed by atoms with Crippen molar-refractivity contribution in [1.82, 2.24) is 4.90 Å². The molecule has 1 aliphatic rings. The fourth-order valence-electron chi connectivity index (χ4n) is 2.53. The van der Waals surface area contributed by atoms with Gasteiger partial charge in [0.2, 0.25) is 0 Å². The van der Waals surface area contributed by atoms with Crippen molar-refractivity contribution in [3.8, 4) is 0 Å². The molecule has 0 saturated carbocycles. The molecule has 1 saturated heterocycles. The van der Waals surface area contributed by atoms with Crippen molar-refractivity contribution < 1.29 is 4.92 Å². The van der Waals surface area contributed by atoms with Crippen LogP contribution < -0.4 is 5.32 Å². The first-order valence-electron chi connectivity index (χ1n) is 6.77. The first-order chi connectivity index (χ1) is 9.10. The van der Waals surface area contributed by atoms with E-state index in [1.54, 1.807) is 18.2 Å². The number of non-ortho nitro benzene ring substituents is 1. The fourth-order valence-corrected chi connectivity index (χ4v) is 2.53. The average Bonchev–Trinajstić information content (AvgIpc) is 2.41. The molecule has 0 atom stereocenters. The Bertz CT molecular complexity index is 454. The maximum absolute atomic E-state index is 10.9. The Morgan fingerprint density at radius 1 is 1.42 bits per heavy atom. The Morgan fingerprint density at radius 3 is 2.68 bits per heavy atom. The standard InChI is InChI=1S/C14H21N3O2/c1-11-5-7-16(8-6-11)10-12-9-13(17(18)19)3-4-14(12)15-2/h3-4,9,11,15H,5-8,10H2,1-2H3. The number of piperidine rings is 1. The van der Waals surface area contributed by atoms with Gasteiger partial charge in [-0.2, -0.15) is 0 Å². The van der Waals surface area contributed by atoms with Crippen molar-refractivity contribution in [2.24, 2.45) is 5.92 Å². The maximum Gasteiger partial charge on any atom is 0.269 e. The third kappa shape index (κ3) is 3.44. The molecule has 1 N–H and O–H groups in total. The zero-order valence-electron chi connectivity index (χ0n) is 11.6. The molecule has 1 heterocycles. The van der Waals surface area contributed by atoms with Gasteiger partial charge in [-0.1, -0.05) is 6.92 Å². The minimum absolute atomic E-state index is 0.166. The first kappa shape index (κ1) is 13.8. The van der Waals surface area contributed by atoms with Crippen LogP contribution in [0.2, 0.25) is 0 Å². The molecule has 1 aliphatic heterocycles. The molecule has 1 fully saturated rings. The molecule has 19 heavy (non-hydrogen) atoms. The maximum atomic E-state index is 10.9. The highest BCUT2D eigenvalue weighted by Gasteiger charge is 2.18. The number of anilines is 1. The minimum Gasteiger partial charge on any atom is -0.388 e. The second-order valence-electron chi connectivity index (χ2n) is 5.31. The van der Waals surface area contributed by atoms with Gasteiger partial charge in [-0.25, -0.2) is 0 Å². The highest BCUT2D eigenvalue weighted by Crippen LogP contribution is 2.25. The van der Waals surface area contributed by atoms with E-state index in [2.05, 4.69) is 17.1 Å². The number of nitrogens with zero attached hydrogens (tertiary/aromatic N) is 2. The Balaban J connectivity index is 2.13. The van der Waals surface area contributed by atoms with Crippen LogP contribution >= 0.6 is 0 Å². The first-order valence-corrected chi connectivity index (χ1v) is 6.77. The number of hydrogen-bond donors (Lipinski definition) is 1. The van der Waals surface area contributed by atoms with Crippen LogP contribution in [-0.2, 0) is 6.54 Å². The van der Waals surface area contributed by atoms with Crippen LogP contribution in [-0.4, -0.2) is 30.0 Å². The molecule has 5 nitrogen and oxygen atoms in total. The molecule has 1 aromatic rings. The lowest BCUT2D eigenvalue weighted by Crippen LogP contribution is -2.32. The summed E-state index contributed by atoms with van der Waals surface area (Å²) in [5, 5.41) is 14.0. The number of benzene rings is 1. The monoisotopic (exact) mass is 263 g/mol. The number of rotatable bonds is 4. The van der Waals surface area contributed by atoms with Crippen LogP contribution in [0.3, 0.4) is 0 Å². The molecule has 1 aromatic carbocycles. The van der Waals surface area contributed by atoms with Gasteiger partial charge in [0.25, 0.3) is 5.69 Å². The van der Waals surface area contributed by atoms with Crippen molar-refractivity contribution in [1.29, 1.82) is 0 Å². The van der Waals surface area contributed by atoms with E-state index in [1.807, 2.05) is 7.05 Å². The summed E-state index contributed by atoms with van der Waals surface area (Å²) >= 11 is 0. The lowest BCUT2D eigenvalue weighted by molar-refractivity contribution is -0.384. The molecule has 0 unspecified atom stereocenters. The minimum atomic E-state index is -0.332. The van der Waals surface area contributed by atoms with Gasteiger partial charge in [-0.05, 0) is 43.5 Å². The third-order valence-electron chi connectivity index (χ3n) is 3.84. The molecule has 0 aromatic heterocycles. The van der Waals surface area contributed by atoms with Crippen molar-refractivity contribution in [2.45, 2.75) is 26.3 Å². The Hall–Kier alpha value is -1.62. The highest BCUT2D eigenvalue weighted by atomic mass is 16.6. The molecule has 0 amide bonds. The van der Waals surface area contributed by atoms with E-state index in [-0.39, 0.29) is 10.6 Å². The molecule has 104 valence electrons. The number of nitrogens with one attached hydrogen (secondary N) is 1. The van der Waals surface area contributed by atoms with Crippen LogP contribution in [0.25, 0.3) is 0 Å². The summed E-state index contributed by atoms with van der Waals surface area (Å²) in [7, 11) is 1.85. The van der Waals surface area contributed by atoms with Gasteiger partial charge in [-0.3, -0.25) is 15.0 Å². The van der Waals surface area contributed by atoms with E-state index in [0.29, 0.717) is 0 Å². The van der Waals surface area contributed by atoms with E-state index in [4.69, 9.17) is 0 Å². The molecule has 0 bridgehead atoms. The average molecular weight is 263 g/mol. The summed E-state index contributed by atoms with van der Waals surface area (Å²) in [4.78, 5) is 12.9. The van der Waals surface area contributed by atoms with Gasteiger partial charge in [0.15, 0.2) is 0 Å². The lowest BCUT2D eigenvalue weighted by atomic mass is 9.98. The van der Waals surface area contributed by atoms with E-state index < -0.39 is 0 Å². The Morgan fingerprint density at radius 2 is 2.11 bits per heavy atom. The van der Waals surface area contributed by atoms with E-state index in [1.165, 1.54) is 12.8 Å². The largest absolute Gasteiger partial charge is 0.388 e. The number of nitro groups is 1. The smallest absolute Gasteiger partial charge is 0.269 e. The summed E-state index contributed by atoms with van der Waals surface area (Å²) < 4.78 is 0. The summed E-state index contributed by atoms with van der Waals surface area (Å²) in [5.41, 5.74) is 2.15. The molecule has 2 rings (SSSR count). The van der Waals surface area contributed by atoms with Crippen molar-refractivity contribution in [3.05, 3.63) is 33.9 Å². The normalized spacial score (nSPS) is 17.4. The molecule has 0 radical (unpaired) electrons. The molecule has 0 spiro atoms. The second-order valence-corrected chi connectivity index (χ2v) is 5.31. The van der Waals surface area contributed by atoms with Crippen LogP contribution in [0.15, 0.2) is 18.2 Å². The number of nitro benzene ring substituents is 1. The summed E-state index contributed by atoms with van der Waals surface area (Å²) in [5.74, 6) is 0.796. The topological polar surface area (TPSA) is 58.4 Å². The third-order valence-corrected chi connectivity index (χ3v) is 3.84. The molecular formula is C14H21N3O2. The van der Waals surface area contributed by atoms with Crippen LogP contribution in [0.1, 0.15) is 25.3 Å². The summed E-state index contributed by atoms with van der Waals surface area (Å²) in [6, 6.07) is 5.03. The number of hydrogen-bond acceptors (Lipinski definition) is 4. The fraction of sp³-hybridized carbons (Fsp3) is 0.571. The van der Waals surface area contributed by atoms with Gasteiger partial charge in [-0.15, -0.1) is 0 Å². The highest BCUT2D eigenvalue weighted by molar-refractivity contribution is 5.55. The predicted molar refractivity (Wildman–Crippen MR) is 76.3 cm³/mol. The lowest BCUT2D eigenvalue weighted by Gasteiger charge is -2.30. The quantitative estimate of drug-likeness (QED) is 0.670. The SMILES string of the molecule is CNc1ccc([N+](=O)[O-])cc1CN1CCC(C)CC1. The molecule has 0 aliphatic carbocycles. The van der Waals surface area contributed by atoms with Crippen LogP contribution in [0.4, 0.5) is 11.4 Å². The Labute approximate surface area is 113 Å². The summed E-state index contributed by atoms with van der Waals surface area (Å²) in [6.45, 7) is 5.22. The van der Waals surface area contributed by atoms with Gasteiger partial charge in [0, 0.05) is 31.4 Å². The zero-order valence-corrected chi connectivity index (χ0v) is 11.6. The van der Waals surface area contributed by atoms with E-state index >= 15 is 0 Å². The van der Waals surface area contributed by atoms with Crippen molar-refractivity contribution >= 4 is 11.4 Å². The van der Waals surface area contributed by atoms with Gasteiger partial charge in [0.1, 0.15) is 0 Å². The summed E-state index contributed by atoms with van der Waals surface area (Å²) in [6.07, 6.45) is 2.42.